The average Bonchev–Trinajstić information content (AvgIpc) is 3.42. The summed E-state index contributed by atoms with van der Waals surface area (Å²) < 4.78 is 29.3. The minimum atomic E-state index is -3.67. The monoisotopic (exact) mass is 508 g/mol. The van der Waals surface area contributed by atoms with Crippen LogP contribution < -0.4 is 10.3 Å². The first-order valence-corrected chi connectivity index (χ1v) is 13.9. The predicted octanol–water partition coefficient (Wildman–Crippen LogP) is 2.98. The lowest BCUT2D eigenvalue weighted by Gasteiger charge is -2.41. The van der Waals surface area contributed by atoms with Gasteiger partial charge in [0.2, 0.25) is 15.5 Å². The summed E-state index contributed by atoms with van der Waals surface area (Å²) in [4.78, 5) is 31.1. The van der Waals surface area contributed by atoms with Crippen molar-refractivity contribution in [2.75, 3.05) is 37.6 Å². The van der Waals surface area contributed by atoms with E-state index in [9.17, 15) is 18.0 Å². The van der Waals surface area contributed by atoms with Crippen molar-refractivity contribution >= 4 is 32.5 Å². The number of carbonyl (C=O) groups is 1. The van der Waals surface area contributed by atoms with Crippen molar-refractivity contribution in [2.24, 2.45) is 7.05 Å². The second kappa shape index (κ2) is 9.37. The third-order valence-electron chi connectivity index (χ3n) is 7.37. The number of rotatable bonds is 4. The second-order valence-electron chi connectivity index (χ2n) is 9.90. The van der Waals surface area contributed by atoms with E-state index < -0.39 is 15.5 Å². The third kappa shape index (κ3) is 4.30. The first-order chi connectivity index (χ1) is 17.2. The van der Waals surface area contributed by atoms with Gasteiger partial charge in [-0.05, 0) is 57.0 Å². The molecular formula is C27H32N4O4S. The summed E-state index contributed by atoms with van der Waals surface area (Å²) in [6.07, 6.45) is 3.24. The van der Waals surface area contributed by atoms with Crippen molar-refractivity contribution < 1.29 is 13.2 Å². The Labute approximate surface area is 211 Å². The molecular weight excluding hydrogens is 476 g/mol. The molecule has 0 aliphatic carbocycles. The topological polar surface area (TPSA) is 82.9 Å². The summed E-state index contributed by atoms with van der Waals surface area (Å²) in [6, 6.07) is 13.1. The van der Waals surface area contributed by atoms with E-state index in [0.29, 0.717) is 38.2 Å². The van der Waals surface area contributed by atoms with Crippen LogP contribution in [0.3, 0.4) is 0 Å². The number of amides is 1. The molecule has 1 amide bonds. The zero-order chi connectivity index (χ0) is 25.6. The molecule has 5 rings (SSSR count). The molecule has 2 aliphatic heterocycles. The lowest BCUT2D eigenvalue weighted by molar-refractivity contribution is 0.0724. The number of benzene rings is 2. The lowest BCUT2D eigenvalue weighted by Crippen LogP contribution is -2.54. The number of carbonyl (C=O) groups excluding carboxylic acids is 1. The highest BCUT2D eigenvalue weighted by molar-refractivity contribution is 7.89. The number of anilines is 1. The third-order valence-corrected chi connectivity index (χ3v) is 9.27. The van der Waals surface area contributed by atoms with Crippen LogP contribution in [0.15, 0.2) is 58.4 Å². The van der Waals surface area contributed by atoms with Gasteiger partial charge in [-0.1, -0.05) is 17.7 Å². The van der Waals surface area contributed by atoms with Crippen molar-refractivity contribution in [2.45, 2.75) is 37.6 Å². The van der Waals surface area contributed by atoms with Gasteiger partial charge in [0, 0.05) is 63.1 Å². The standard InChI is InChI=1S/C27H32N4O4S/c1-19-6-8-21(9-7-19)31-15-14-29(17-20(31)2)27(33)24-18-28(3)25-11-10-22(16-23(25)26(24)32)36(34,35)30-12-4-5-13-30/h6-11,16,18,20H,4-5,12-15,17H2,1-3H3/t20-/m0/s1. The lowest BCUT2D eigenvalue weighted by atomic mass is 10.1. The minimum absolute atomic E-state index is 0.0664. The molecule has 0 unspecified atom stereocenters. The Balaban J connectivity index is 1.44. The zero-order valence-electron chi connectivity index (χ0n) is 21.0. The van der Waals surface area contributed by atoms with Crippen molar-refractivity contribution in [3.05, 3.63) is 70.0 Å². The Hall–Kier alpha value is -3.17. The SMILES string of the molecule is Cc1ccc(N2CCN(C(=O)c3cn(C)c4ccc(S(=O)(=O)N5CCCC5)cc4c3=O)C[C@@H]2C)cc1. The summed E-state index contributed by atoms with van der Waals surface area (Å²) in [5.74, 6) is -0.319. The van der Waals surface area contributed by atoms with Gasteiger partial charge in [-0.2, -0.15) is 4.31 Å². The highest BCUT2D eigenvalue weighted by atomic mass is 32.2. The van der Waals surface area contributed by atoms with E-state index in [1.165, 1.54) is 15.9 Å². The van der Waals surface area contributed by atoms with Gasteiger partial charge in [-0.25, -0.2) is 8.42 Å². The first-order valence-electron chi connectivity index (χ1n) is 12.4. The van der Waals surface area contributed by atoms with Gasteiger partial charge in [-0.15, -0.1) is 0 Å². The van der Waals surface area contributed by atoms with Crippen LogP contribution >= 0.6 is 0 Å². The van der Waals surface area contributed by atoms with E-state index in [-0.39, 0.29) is 27.8 Å². The number of piperazine rings is 1. The fourth-order valence-corrected chi connectivity index (χ4v) is 6.84. The largest absolute Gasteiger partial charge is 0.365 e. The van der Waals surface area contributed by atoms with E-state index in [0.717, 1.165) is 18.5 Å². The van der Waals surface area contributed by atoms with Gasteiger partial charge in [-0.3, -0.25) is 9.59 Å². The molecule has 2 aromatic carbocycles. The number of aryl methyl sites for hydroxylation is 2. The molecule has 0 bridgehead atoms. The van der Waals surface area contributed by atoms with Gasteiger partial charge >= 0.3 is 0 Å². The molecule has 0 spiro atoms. The van der Waals surface area contributed by atoms with Gasteiger partial charge in [0.05, 0.1) is 10.4 Å². The molecule has 1 aromatic heterocycles. The van der Waals surface area contributed by atoms with Gasteiger partial charge < -0.3 is 14.4 Å². The maximum Gasteiger partial charge on any atom is 0.259 e. The molecule has 0 radical (unpaired) electrons. The average molecular weight is 509 g/mol. The van der Waals surface area contributed by atoms with Crippen molar-refractivity contribution in [1.29, 1.82) is 0 Å². The van der Waals surface area contributed by atoms with Crippen LogP contribution in [-0.4, -0.2) is 66.9 Å². The van der Waals surface area contributed by atoms with Crippen LogP contribution in [-0.2, 0) is 17.1 Å². The van der Waals surface area contributed by atoms with E-state index in [1.807, 2.05) is 0 Å². The summed E-state index contributed by atoms with van der Waals surface area (Å²) in [5, 5.41) is 0.245. The van der Waals surface area contributed by atoms with Crippen LogP contribution in [0.1, 0.15) is 35.7 Å². The quantitative estimate of drug-likeness (QED) is 0.541. The van der Waals surface area contributed by atoms with Crippen molar-refractivity contribution in [3.8, 4) is 0 Å². The number of aromatic nitrogens is 1. The molecule has 3 heterocycles. The maximum absolute atomic E-state index is 13.5. The van der Waals surface area contributed by atoms with Gasteiger partial charge in [0.15, 0.2) is 0 Å². The van der Waals surface area contributed by atoms with Crippen molar-refractivity contribution in [3.63, 3.8) is 0 Å². The molecule has 1 atom stereocenters. The normalized spacial score (nSPS) is 19.2. The minimum Gasteiger partial charge on any atom is -0.365 e. The Morgan fingerprint density at radius 2 is 1.67 bits per heavy atom. The Morgan fingerprint density at radius 1 is 0.972 bits per heavy atom. The fraction of sp³-hybridized carbons (Fsp3) is 0.407. The smallest absolute Gasteiger partial charge is 0.259 e. The van der Waals surface area contributed by atoms with Crippen molar-refractivity contribution in [1.82, 2.24) is 13.8 Å². The molecule has 2 fully saturated rings. The van der Waals surface area contributed by atoms with E-state index in [4.69, 9.17) is 0 Å². The number of sulfonamides is 1. The first kappa shape index (κ1) is 24.5. The summed E-state index contributed by atoms with van der Waals surface area (Å²) in [5.41, 5.74) is 2.55. The highest BCUT2D eigenvalue weighted by Gasteiger charge is 2.30. The number of nitrogens with zero attached hydrogens (tertiary/aromatic N) is 4. The van der Waals surface area contributed by atoms with Gasteiger partial charge in [0.25, 0.3) is 5.91 Å². The number of hydrogen-bond acceptors (Lipinski definition) is 5. The number of pyridine rings is 1. The van der Waals surface area contributed by atoms with Gasteiger partial charge in [0.1, 0.15) is 5.56 Å². The summed E-state index contributed by atoms with van der Waals surface area (Å²) in [6.45, 7) is 6.78. The Kier molecular flexibility index (Phi) is 6.38. The molecule has 0 saturated carbocycles. The van der Waals surface area contributed by atoms with E-state index in [1.54, 1.807) is 34.8 Å². The Morgan fingerprint density at radius 3 is 2.33 bits per heavy atom. The summed E-state index contributed by atoms with van der Waals surface area (Å²) in [7, 11) is -1.90. The number of fused-ring (bicyclic) bond motifs is 1. The Bertz CT molecular complexity index is 1470. The van der Waals surface area contributed by atoms with Crippen LogP contribution in [0.5, 0.6) is 0 Å². The number of hydrogen-bond donors (Lipinski definition) is 0. The molecule has 36 heavy (non-hydrogen) atoms. The van der Waals surface area contributed by atoms with Crippen LogP contribution in [0.25, 0.3) is 10.9 Å². The van der Waals surface area contributed by atoms with Crippen LogP contribution in [0.4, 0.5) is 5.69 Å². The molecule has 2 aliphatic rings. The highest BCUT2D eigenvalue weighted by Crippen LogP contribution is 2.25. The molecule has 190 valence electrons. The van der Waals surface area contributed by atoms with E-state index in [2.05, 4.69) is 43.0 Å². The molecule has 3 aromatic rings. The predicted molar refractivity (Wildman–Crippen MR) is 141 cm³/mol. The fourth-order valence-electron chi connectivity index (χ4n) is 5.29. The van der Waals surface area contributed by atoms with E-state index >= 15 is 0 Å². The maximum atomic E-state index is 13.5. The summed E-state index contributed by atoms with van der Waals surface area (Å²) >= 11 is 0. The zero-order valence-corrected chi connectivity index (χ0v) is 21.8. The molecule has 2 saturated heterocycles. The second-order valence-corrected chi connectivity index (χ2v) is 11.8. The van der Waals surface area contributed by atoms with Crippen LogP contribution in [0.2, 0.25) is 0 Å². The molecule has 8 nitrogen and oxygen atoms in total. The van der Waals surface area contributed by atoms with Crippen LogP contribution in [0, 0.1) is 6.92 Å². The molecule has 0 N–H and O–H groups in total. The molecule has 9 heteroatoms.